The molecule has 0 aromatic heterocycles. The number of hydrogen-bond acceptors (Lipinski definition) is 3. The van der Waals surface area contributed by atoms with Crippen molar-refractivity contribution in [2.24, 2.45) is 10.2 Å². The van der Waals surface area contributed by atoms with Gasteiger partial charge in [-0.1, -0.05) is 31.2 Å². The summed E-state index contributed by atoms with van der Waals surface area (Å²) in [4.78, 5) is 14.0. The van der Waals surface area contributed by atoms with Crippen molar-refractivity contribution in [1.82, 2.24) is 0 Å². The van der Waals surface area contributed by atoms with Gasteiger partial charge < -0.3 is 4.90 Å². The third-order valence-corrected chi connectivity index (χ3v) is 3.04. The minimum atomic E-state index is -0.117. The van der Waals surface area contributed by atoms with Gasteiger partial charge in [-0.15, -0.1) is 11.7 Å². The SMILES string of the molecule is C=CCN1C(=O)/C(=N\N=C(\C)CC)c2ccccc21. The Bertz CT molecular complexity index is 573. The molecule has 0 bridgehead atoms. The molecular weight excluding hydrogens is 238 g/mol. The number of nitrogens with zero attached hydrogens (tertiary/aromatic N) is 3. The average Bonchev–Trinajstić information content (AvgIpc) is 2.70. The van der Waals surface area contributed by atoms with Crippen LogP contribution in [-0.2, 0) is 4.79 Å². The maximum absolute atomic E-state index is 12.3. The second kappa shape index (κ2) is 5.61. The Balaban J connectivity index is 2.47. The summed E-state index contributed by atoms with van der Waals surface area (Å²) in [7, 11) is 0. The Morgan fingerprint density at radius 2 is 2.16 bits per heavy atom. The van der Waals surface area contributed by atoms with Crippen molar-refractivity contribution in [2.45, 2.75) is 20.3 Å². The molecule has 19 heavy (non-hydrogen) atoms. The van der Waals surface area contributed by atoms with Crippen LogP contribution in [0.15, 0.2) is 47.1 Å². The normalized spacial score (nSPS) is 16.9. The Kier molecular flexibility index (Phi) is 3.90. The summed E-state index contributed by atoms with van der Waals surface area (Å²) in [5, 5.41) is 8.23. The van der Waals surface area contributed by atoms with Gasteiger partial charge in [-0.25, -0.2) is 0 Å². The highest BCUT2D eigenvalue weighted by Crippen LogP contribution is 2.28. The molecule has 1 aliphatic rings. The molecule has 0 spiro atoms. The number of rotatable bonds is 4. The van der Waals surface area contributed by atoms with Crippen LogP contribution >= 0.6 is 0 Å². The lowest BCUT2D eigenvalue weighted by atomic mass is 10.1. The molecule has 0 saturated carbocycles. The van der Waals surface area contributed by atoms with Gasteiger partial charge in [-0.2, -0.15) is 5.10 Å². The van der Waals surface area contributed by atoms with E-state index in [1.807, 2.05) is 38.1 Å². The topological polar surface area (TPSA) is 45.0 Å². The first-order valence-corrected chi connectivity index (χ1v) is 6.32. The summed E-state index contributed by atoms with van der Waals surface area (Å²) in [6, 6.07) is 7.61. The van der Waals surface area contributed by atoms with Gasteiger partial charge in [-0.3, -0.25) is 4.79 Å². The van der Waals surface area contributed by atoms with E-state index in [2.05, 4.69) is 16.8 Å². The fourth-order valence-corrected chi connectivity index (χ4v) is 1.87. The predicted molar refractivity (Wildman–Crippen MR) is 78.9 cm³/mol. The van der Waals surface area contributed by atoms with Crippen molar-refractivity contribution in [3.8, 4) is 0 Å². The summed E-state index contributed by atoms with van der Waals surface area (Å²) in [5.41, 5.74) is 3.02. The Morgan fingerprint density at radius 3 is 2.84 bits per heavy atom. The van der Waals surface area contributed by atoms with Crippen LogP contribution in [0.2, 0.25) is 0 Å². The molecule has 1 heterocycles. The minimum Gasteiger partial charge on any atom is -0.302 e. The number of carbonyl (C=O) groups is 1. The van der Waals surface area contributed by atoms with Gasteiger partial charge in [0.15, 0.2) is 5.71 Å². The van der Waals surface area contributed by atoms with Crippen molar-refractivity contribution in [2.75, 3.05) is 11.4 Å². The van der Waals surface area contributed by atoms with Gasteiger partial charge in [0, 0.05) is 17.8 Å². The fourth-order valence-electron chi connectivity index (χ4n) is 1.87. The van der Waals surface area contributed by atoms with Gasteiger partial charge in [0.1, 0.15) is 0 Å². The van der Waals surface area contributed by atoms with Crippen LogP contribution in [0.4, 0.5) is 5.69 Å². The van der Waals surface area contributed by atoms with Crippen LogP contribution in [0.25, 0.3) is 0 Å². The zero-order valence-electron chi connectivity index (χ0n) is 11.3. The molecule has 0 unspecified atom stereocenters. The Hall–Kier alpha value is -2.23. The lowest BCUT2D eigenvalue weighted by Crippen LogP contribution is -2.30. The highest BCUT2D eigenvalue weighted by molar-refractivity contribution is 6.54. The highest BCUT2D eigenvalue weighted by atomic mass is 16.2. The van der Waals surface area contributed by atoms with Gasteiger partial charge in [0.25, 0.3) is 5.91 Å². The molecule has 1 aromatic carbocycles. The molecule has 0 saturated heterocycles. The second-order valence-electron chi connectivity index (χ2n) is 4.36. The molecule has 0 atom stereocenters. The minimum absolute atomic E-state index is 0.117. The number of benzene rings is 1. The molecule has 2 rings (SSSR count). The van der Waals surface area contributed by atoms with Crippen LogP contribution in [-0.4, -0.2) is 23.9 Å². The van der Waals surface area contributed by atoms with E-state index in [0.717, 1.165) is 23.4 Å². The number of carbonyl (C=O) groups excluding carboxylic acids is 1. The van der Waals surface area contributed by atoms with Crippen LogP contribution in [0, 0.1) is 0 Å². The maximum atomic E-state index is 12.3. The van der Waals surface area contributed by atoms with E-state index >= 15 is 0 Å². The van der Waals surface area contributed by atoms with Gasteiger partial charge in [0.2, 0.25) is 0 Å². The zero-order valence-corrected chi connectivity index (χ0v) is 11.3. The van der Waals surface area contributed by atoms with Gasteiger partial charge in [0.05, 0.1) is 5.69 Å². The molecule has 0 radical (unpaired) electrons. The molecule has 0 N–H and O–H groups in total. The number of para-hydroxylation sites is 1. The van der Waals surface area contributed by atoms with Crippen molar-refractivity contribution in [1.29, 1.82) is 0 Å². The van der Waals surface area contributed by atoms with Crippen LogP contribution in [0.3, 0.4) is 0 Å². The molecule has 0 fully saturated rings. The van der Waals surface area contributed by atoms with E-state index < -0.39 is 0 Å². The molecule has 98 valence electrons. The first kappa shape index (κ1) is 13.2. The molecular formula is C15H17N3O. The summed E-state index contributed by atoms with van der Waals surface area (Å²) in [6.45, 7) is 8.07. The largest absolute Gasteiger partial charge is 0.302 e. The van der Waals surface area contributed by atoms with Crippen molar-refractivity contribution >= 4 is 23.0 Å². The number of hydrogen-bond donors (Lipinski definition) is 0. The first-order valence-electron chi connectivity index (χ1n) is 6.32. The average molecular weight is 255 g/mol. The monoisotopic (exact) mass is 255 g/mol. The second-order valence-corrected chi connectivity index (χ2v) is 4.36. The third-order valence-electron chi connectivity index (χ3n) is 3.04. The molecule has 1 aromatic rings. The van der Waals surface area contributed by atoms with E-state index in [9.17, 15) is 4.79 Å². The summed E-state index contributed by atoms with van der Waals surface area (Å²) in [6.07, 6.45) is 2.53. The molecule has 4 heteroatoms. The van der Waals surface area contributed by atoms with Crippen molar-refractivity contribution in [3.63, 3.8) is 0 Å². The number of amides is 1. The Morgan fingerprint density at radius 1 is 1.42 bits per heavy atom. The molecule has 1 amide bonds. The molecule has 1 aliphatic heterocycles. The van der Waals surface area contributed by atoms with E-state index in [0.29, 0.717) is 12.3 Å². The smallest absolute Gasteiger partial charge is 0.279 e. The van der Waals surface area contributed by atoms with E-state index in [1.165, 1.54) is 0 Å². The fraction of sp³-hybridized carbons (Fsp3) is 0.267. The molecule has 0 aliphatic carbocycles. The van der Waals surface area contributed by atoms with E-state index in [4.69, 9.17) is 0 Å². The lowest BCUT2D eigenvalue weighted by molar-refractivity contribution is -0.112. The van der Waals surface area contributed by atoms with E-state index in [1.54, 1.807) is 11.0 Å². The van der Waals surface area contributed by atoms with Crippen molar-refractivity contribution < 1.29 is 4.79 Å². The van der Waals surface area contributed by atoms with Gasteiger partial charge >= 0.3 is 0 Å². The lowest BCUT2D eigenvalue weighted by Gasteiger charge is -2.13. The van der Waals surface area contributed by atoms with Crippen LogP contribution in [0.5, 0.6) is 0 Å². The molecule has 4 nitrogen and oxygen atoms in total. The van der Waals surface area contributed by atoms with Crippen LogP contribution < -0.4 is 4.90 Å². The number of fused-ring (bicyclic) bond motifs is 1. The Labute approximate surface area is 113 Å². The van der Waals surface area contributed by atoms with Crippen LogP contribution in [0.1, 0.15) is 25.8 Å². The zero-order chi connectivity index (χ0) is 13.8. The predicted octanol–water partition coefficient (Wildman–Crippen LogP) is 2.79. The summed E-state index contributed by atoms with van der Waals surface area (Å²) in [5.74, 6) is -0.117. The highest BCUT2D eigenvalue weighted by Gasteiger charge is 2.32. The van der Waals surface area contributed by atoms with Crippen molar-refractivity contribution in [3.05, 3.63) is 42.5 Å². The van der Waals surface area contributed by atoms with Gasteiger partial charge in [-0.05, 0) is 19.4 Å². The maximum Gasteiger partial charge on any atom is 0.279 e. The summed E-state index contributed by atoms with van der Waals surface area (Å²) < 4.78 is 0. The first-order chi connectivity index (χ1) is 9.19. The third kappa shape index (κ3) is 2.47. The standard InChI is InChI=1S/C15H17N3O/c1-4-10-18-13-9-7-6-8-12(13)14(15(18)19)17-16-11(3)5-2/h4,6-9H,1,5,10H2,2-3H3/b16-11-,17-14-. The van der Waals surface area contributed by atoms with E-state index in [-0.39, 0.29) is 5.91 Å². The summed E-state index contributed by atoms with van der Waals surface area (Å²) >= 11 is 0. The number of anilines is 1. The quantitative estimate of drug-likeness (QED) is 0.463.